The van der Waals surface area contributed by atoms with Crippen LogP contribution in [0.1, 0.15) is 23.6 Å². The highest BCUT2D eigenvalue weighted by Gasteiger charge is 2.01. The largest absolute Gasteiger partial charge is 0.0835 e. The van der Waals surface area contributed by atoms with Crippen molar-refractivity contribution in [3.63, 3.8) is 0 Å². The van der Waals surface area contributed by atoms with Crippen LogP contribution in [0.5, 0.6) is 0 Å². The first-order valence-corrected chi connectivity index (χ1v) is 6.06. The van der Waals surface area contributed by atoms with Crippen molar-refractivity contribution in [1.29, 1.82) is 0 Å². The van der Waals surface area contributed by atoms with E-state index in [-0.39, 0.29) is 0 Å². The van der Waals surface area contributed by atoms with E-state index in [1.165, 1.54) is 22.3 Å². The fourth-order valence-corrected chi connectivity index (χ4v) is 1.95. The number of aryl methyl sites for hydroxylation is 1. The van der Waals surface area contributed by atoms with E-state index in [1.807, 2.05) is 0 Å². The van der Waals surface area contributed by atoms with Crippen molar-refractivity contribution in [2.45, 2.75) is 20.3 Å². The first-order valence-electron chi connectivity index (χ1n) is 6.06. The second-order valence-corrected chi connectivity index (χ2v) is 4.34. The molecule has 2 aromatic rings. The van der Waals surface area contributed by atoms with E-state index >= 15 is 0 Å². The second-order valence-electron chi connectivity index (χ2n) is 4.34. The van der Waals surface area contributed by atoms with Crippen molar-refractivity contribution in [1.82, 2.24) is 0 Å². The molecular formula is C17H18. The van der Waals surface area contributed by atoms with Crippen molar-refractivity contribution >= 4 is 5.57 Å². The van der Waals surface area contributed by atoms with Crippen molar-refractivity contribution in [2.75, 3.05) is 0 Å². The average Bonchev–Trinajstić information content (AvgIpc) is 2.39. The lowest BCUT2D eigenvalue weighted by Gasteiger charge is -2.07. The number of benzene rings is 2. The number of rotatable bonds is 3. The summed E-state index contributed by atoms with van der Waals surface area (Å²) in [5.41, 5.74) is 5.38. The molecule has 0 saturated heterocycles. The fraction of sp³-hybridized carbons (Fsp3) is 0.176. The van der Waals surface area contributed by atoms with E-state index in [0.29, 0.717) is 0 Å². The van der Waals surface area contributed by atoms with Crippen LogP contribution in [0.4, 0.5) is 0 Å². The molecule has 86 valence electrons. The van der Waals surface area contributed by atoms with Crippen LogP contribution in [-0.2, 0) is 6.42 Å². The van der Waals surface area contributed by atoms with Crippen LogP contribution in [0.15, 0.2) is 60.7 Å². The predicted octanol–water partition coefficient (Wildman–Crippen LogP) is 4.64. The Morgan fingerprint density at radius 3 is 2.18 bits per heavy atom. The van der Waals surface area contributed by atoms with Crippen LogP contribution < -0.4 is 0 Å². The molecule has 0 spiro atoms. The highest BCUT2D eigenvalue weighted by Crippen LogP contribution is 2.19. The van der Waals surface area contributed by atoms with Crippen LogP contribution in [0, 0.1) is 6.92 Å². The Balaban J connectivity index is 2.19. The van der Waals surface area contributed by atoms with Gasteiger partial charge in [0.25, 0.3) is 0 Å². The third-order valence-corrected chi connectivity index (χ3v) is 3.01. The van der Waals surface area contributed by atoms with E-state index in [1.54, 1.807) is 0 Å². The number of allylic oxidation sites excluding steroid dienone is 2. The highest BCUT2D eigenvalue weighted by molar-refractivity contribution is 5.67. The van der Waals surface area contributed by atoms with E-state index in [2.05, 4.69) is 74.5 Å². The minimum Gasteiger partial charge on any atom is -0.0835 e. The molecule has 0 aliphatic rings. The maximum absolute atomic E-state index is 2.21. The van der Waals surface area contributed by atoms with Crippen molar-refractivity contribution < 1.29 is 0 Å². The Morgan fingerprint density at radius 1 is 0.941 bits per heavy atom. The molecule has 0 heteroatoms. The first-order chi connectivity index (χ1) is 8.29. The van der Waals surface area contributed by atoms with E-state index < -0.39 is 0 Å². The fourth-order valence-electron chi connectivity index (χ4n) is 1.95. The van der Waals surface area contributed by atoms with Crippen LogP contribution in [0.3, 0.4) is 0 Å². The smallest absolute Gasteiger partial charge is 0.00231 e. The lowest BCUT2D eigenvalue weighted by molar-refractivity contribution is 1.26. The summed E-state index contributed by atoms with van der Waals surface area (Å²) in [7, 11) is 0. The molecule has 0 bridgehead atoms. The van der Waals surface area contributed by atoms with Gasteiger partial charge in [-0.25, -0.2) is 0 Å². The molecule has 0 radical (unpaired) electrons. The van der Waals surface area contributed by atoms with Gasteiger partial charge in [0.2, 0.25) is 0 Å². The van der Waals surface area contributed by atoms with Gasteiger partial charge < -0.3 is 0 Å². The Morgan fingerprint density at radius 2 is 1.59 bits per heavy atom. The van der Waals surface area contributed by atoms with E-state index in [4.69, 9.17) is 0 Å². The number of hydrogen-bond acceptors (Lipinski definition) is 0. The van der Waals surface area contributed by atoms with Crippen LogP contribution in [0.25, 0.3) is 5.57 Å². The third kappa shape index (κ3) is 3.07. The monoisotopic (exact) mass is 222 g/mol. The van der Waals surface area contributed by atoms with Gasteiger partial charge in [-0.3, -0.25) is 0 Å². The van der Waals surface area contributed by atoms with Crippen molar-refractivity contribution in [3.8, 4) is 0 Å². The third-order valence-electron chi connectivity index (χ3n) is 3.01. The highest BCUT2D eigenvalue weighted by atomic mass is 14.1. The zero-order valence-corrected chi connectivity index (χ0v) is 10.5. The van der Waals surface area contributed by atoms with Gasteiger partial charge in [0.1, 0.15) is 0 Å². The van der Waals surface area contributed by atoms with Gasteiger partial charge in [-0.15, -0.1) is 0 Å². The van der Waals surface area contributed by atoms with Gasteiger partial charge in [0.05, 0.1) is 0 Å². The summed E-state index contributed by atoms with van der Waals surface area (Å²) in [4.78, 5) is 0. The molecule has 0 aliphatic carbocycles. The van der Waals surface area contributed by atoms with Gasteiger partial charge in [-0.05, 0) is 37.0 Å². The Bertz CT molecular complexity index is 489. The zero-order valence-electron chi connectivity index (χ0n) is 10.5. The summed E-state index contributed by atoms with van der Waals surface area (Å²) in [5, 5.41) is 0. The first kappa shape index (κ1) is 11.7. The zero-order chi connectivity index (χ0) is 12.1. The van der Waals surface area contributed by atoms with Crippen molar-refractivity contribution in [3.05, 3.63) is 77.4 Å². The van der Waals surface area contributed by atoms with Gasteiger partial charge >= 0.3 is 0 Å². The van der Waals surface area contributed by atoms with Crippen LogP contribution >= 0.6 is 0 Å². The SMILES string of the molecule is C/C=C(/Cc1ccc(C)cc1)c1ccccc1. The summed E-state index contributed by atoms with van der Waals surface area (Å²) in [6.07, 6.45) is 3.20. The molecule has 2 aromatic carbocycles. The Labute approximate surface area is 104 Å². The van der Waals surface area contributed by atoms with Crippen LogP contribution in [0.2, 0.25) is 0 Å². The van der Waals surface area contributed by atoms with Gasteiger partial charge in [0.15, 0.2) is 0 Å². The molecule has 0 amide bonds. The lowest BCUT2D eigenvalue weighted by Crippen LogP contribution is -1.90. The molecule has 0 atom stereocenters. The van der Waals surface area contributed by atoms with E-state index in [9.17, 15) is 0 Å². The molecule has 0 nitrogen and oxygen atoms in total. The van der Waals surface area contributed by atoms with Gasteiger partial charge in [0, 0.05) is 0 Å². The average molecular weight is 222 g/mol. The maximum Gasteiger partial charge on any atom is -0.00231 e. The minimum atomic E-state index is 1.00. The second kappa shape index (κ2) is 5.49. The Hall–Kier alpha value is -1.82. The molecule has 0 fully saturated rings. The molecule has 17 heavy (non-hydrogen) atoms. The molecule has 0 aromatic heterocycles. The van der Waals surface area contributed by atoms with Crippen molar-refractivity contribution in [2.24, 2.45) is 0 Å². The summed E-state index contributed by atoms with van der Waals surface area (Å²) in [5.74, 6) is 0. The number of hydrogen-bond donors (Lipinski definition) is 0. The predicted molar refractivity (Wildman–Crippen MR) is 75.0 cm³/mol. The summed E-state index contributed by atoms with van der Waals surface area (Å²) in [6, 6.07) is 19.3. The molecule has 0 aliphatic heterocycles. The summed E-state index contributed by atoms with van der Waals surface area (Å²) >= 11 is 0. The molecule has 2 rings (SSSR count). The van der Waals surface area contributed by atoms with Gasteiger partial charge in [-0.2, -0.15) is 0 Å². The Kier molecular flexibility index (Phi) is 3.77. The normalized spacial score (nSPS) is 11.5. The molecule has 0 unspecified atom stereocenters. The van der Waals surface area contributed by atoms with Crippen LogP contribution in [-0.4, -0.2) is 0 Å². The standard InChI is InChI=1S/C17H18/c1-3-16(17-7-5-4-6-8-17)13-15-11-9-14(2)10-12-15/h3-12H,13H2,1-2H3/b16-3-. The summed E-state index contributed by atoms with van der Waals surface area (Å²) < 4.78 is 0. The van der Waals surface area contributed by atoms with E-state index in [0.717, 1.165) is 6.42 Å². The van der Waals surface area contributed by atoms with Gasteiger partial charge in [-0.1, -0.05) is 66.2 Å². The molecular weight excluding hydrogens is 204 g/mol. The lowest BCUT2D eigenvalue weighted by atomic mass is 9.97. The quantitative estimate of drug-likeness (QED) is 0.709. The summed E-state index contributed by atoms with van der Waals surface area (Å²) in [6.45, 7) is 4.23. The minimum absolute atomic E-state index is 1.00. The molecule has 0 N–H and O–H groups in total. The molecule has 0 heterocycles. The molecule has 0 saturated carbocycles. The maximum atomic E-state index is 2.21. The topological polar surface area (TPSA) is 0 Å².